The minimum atomic E-state index is -0.978. The number of nitrogens with zero attached hydrogens (tertiary/aromatic N) is 2. The molecule has 0 unspecified atom stereocenters. The molecule has 6 heteroatoms. The van der Waals surface area contributed by atoms with Crippen LogP contribution in [0.2, 0.25) is 0 Å². The van der Waals surface area contributed by atoms with Gasteiger partial charge in [-0.2, -0.15) is 0 Å². The van der Waals surface area contributed by atoms with Crippen LogP contribution >= 0.6 is 0 Å². The van der Waals surface area contributed by atoms with E-state index in [9.17, 15) is 9.59 Å². The summed E-state index contributed by atoms with van der Waals surface area (Å²) < 4.78 is 7.30. The number of aryl methyl sites for hydroxylation is 1. The molecule has 2 heterocycles. The molecule has 0 fully saturated rings. The molecule has 2 aromatic heterocycles. The van der Waals surface area contributed by atoms with Crippen LogP contribution in [0.3, 0.4) is 0 Å². The van der Waals surface area contributed by atoms with Crippen molar-refractivity contribution in [2.45, 2.75) is 33.4 Å². The van der Waals surface area contributed by atoms with Crippen LogP contribution in [0.5, 0.6) is 0 Å². The van der Waals surface area contributed by atoms with Crippen LogP contribution in [0.15, 0.2) is 72.9 Å². The third-order valence-corrected chi connectivity index (χ3v) is 6.04. The van der Waals surface area contributed by atoms with Gasteiger partial charge in [0.1, 0.15) is 5.65 Å². The number of ketones is 1. The van der Waals surface area contributed by atoms with Gasteiger partial charge in [-0.15, -0.1) is 0 Å². The number of fused-ring (bicyclic) bond motifs is 1. The Balaban J connectivity index is 1.56. The minimum absolute atomic E-state index is 0.000768. The van der Waals surface area contributed by atoms with Gasteiger partial charge in [0, 0.05) is 29.4 Å². The van der Waals surface area contributed by atoms with Crippen LogP contribution in [-0.2, 0) is 16.1 Å². The number of rotatable bonds is 9. The van der Waals surface area contributed by atoms with Gasteiger partial charge < -0.3 is 14.4 Å². The topological polar surface area (TPSA) is 81.4 Å². The summed E-state index contributed by atoms with van der Waals surface area (Å²) in [7, 11) is 0. The number of hydrogen-bond acceptors (Lipinski definition) is 4. The average Bonchev–Trinajstić information content (AvgIpc) is 3.13. The molecule has 4 rings (SSSR count). The van der Waals surface area contributed by atoms with E-state index >= 15 is 0 Å². The Morgan fingerprint density at radius 2 is 1.77 bits per heavy atom. The molecule has 35 heavy (non-hydrogen) atoms. The lowest BCUT2D eigenvalue weighted by atomic mass is 10.0. The van der Waals surface area contributed by atoms with Crippen LogP contribution < -0.4 is 0 Å². The van der Waals surface area contributed by atoms with Gasteiger partial charge in [-0.05, 0) is 44.0 Å². The average molecular weight is 469 g/mol. The third-order valence-electron chi connectivity index (χ3n) is 6.04. The standard InChI is InChI=1S/C29H28N2O4/c1-19-8-14-24(15-9-19)27(32)26-20(2)31(28-25(26)7-4-16-30-28)18-23-12-10-22(11-13-23)6-5-17-35-21(3)29(33)34/h4-16,21H,17-18H2,1-3H3,(H,33,34)/t21-/m1/s1. The van der Waals surface area contributed by atoms with Gasteiger partial charge in [0.2, 0.25) is 0 Å². The van der Waals surface area contributed by atoms with Crippen molar-refractivity contribution in [1.29, 1.82) is 0 Å². The maximum Gasteiger partial charge on any atom is 0.332 e. The molecule has 0 bridgehead atoms. The molecule has 0 amide bonds. The summed E-state index contributed by atoms with van der Waals surface area (Å²) in [5.41, 5.74) is 6.21. The van der Waals surface area contributed by atoms with Crippen molar-refractivity contribution in [1.82, 2.24) is 9.55 Å². The van der Waals surface area contributed by atoms with Gasteiger partial charge in [-0.3, -0.25) is 4.79 Å². The number of hydrogen-bond donors (Lipinski definition) is 1. The lowest BCUT2D eigenvalue weighted by Crippen LogP contribution is -2.19. The summed E-state index contributed by atoms with van der Waals surface area (Å²) in [6.45, 7) is 6.30. The summed E-state index contributed by atoms with van der Waals surface area (Å²) in [5.74, 6) is -0.979. The number of aromatic nitrogens is 2. The highest BCUT2D eigenvalue weighted by atomic mass is 16.5. The fraction of sp³-hybridized carbons (Fsp3) is 0.207. The first-order valence-electron chi connectivity index (χ1n) is 11.5. The van der Waals surface area contributed by atoms with E-state index in [0.717, 1.165) is 33.4 Å². The van der Waals surface area contributed by atoms with Crippen LogP contribution in [-0.4, -0.2) is 39.1 Å². The summed E-state index contributed by atoms with van der Waals surface area (Å²) in [5, 5.41) is 9.71. The molecule has 0 aliphatic heterocycles. The van der Waals surface area contributed by atoms with Gasteiger partial charge in [-0.25, -0.2) is 9.78 Å². The number of aliphatic carboxylic acids is 1. The zero-order valence-electron chi connectivity index (χ0n) is 20.1. The summed E-state index contributed by atoms with van der Waals surface area (Å²) >= 11 is 0. The number of carboxylic acid groups (broad SMARTS) is 1. The Bertz CT molecular complexity index is 1380. The highest BCUT2D eigenvalue weighted by Crippen LogP contribution is 2.28. The maximum atomic E-state index is 13.4. The van der Waals surface area contributed by atoms with Gasteiger partial charge in [-0.1, -0.05) is 66.2 Å². The fourth-order valence-corrected chi connectivity index (χ4v) is 4.00. The maximum absolute atomic E-state index is 13.4. The molecule has 1 N–H and O–H groups in total. The Labute approximate surface area is 204 Å². The van der Waals surface area contributed by atoms with Crippen LogP contribution in [0, 0.1) is 13.8 Å². The molecule has 2 aromatic carbocycles. The molecule has 6 nitrogen and oxygen atoms in total. The van der Waals surface area contributed by atoms with E-state index in [4.69, 9.17) is 9.84 Å². The quantitative estimate of drug-likeness (QED) is 0.331. The Morgan fingerprint density at radius 1 is 1.06 bits per heavy atom. The first-order chi connectivity index (χ1) is 16.8. The SMILES string of the molecule is Cc1ccc(C(=O)c2c(C)n(Cc3ccc(C=CCO[C@H](C)C(=O)O)cc3)c3ncccc23)cc1. The molecule has 0 aliphatic rings. The first-order valence-corrected chi connectivity index (χ1v) is 11.5. The Kier molecular flexibility index (Phi) is 7.22. The molecule has 0 aliphatic carbocycles. The molecule has 4 aromatic rings. The van der Waals surface area contributed by atoms with Crippen LogP contribution in [0.4, 0.5) is 0 Å². The summed E-state index contributed by atoms with van der Waals surface area (Å²) in [6.07, 6.45) is 4.61. The number of carboxylic acids is 1. The second-order valence-electron chi connectivity index (χ2n) is 8.57. The first kappa shape index (κ1) is 24.1. The second kappa shape index (κ2) is 10.5. The van der Waals surface area contributed by atoms with Crippen molar-refractivity contribution in [2.24, 2.45) is 0 Å². The van der Waals surface area contributed by atoms with E-state index in [-0.39, 0.29) is 12.4 Å². The van der Waals surface area contributed by atoms with E-state index in [1.54, 1.807) is 12.3 Å². The highest BCUT2D eigenvalue weighted by Gasteiger charge is 2.21. The van der Waals surface area contributed by atoms with Crippen LogP contribution in [0.1, 0.15) is 45.2 Å². The lowest BCUT2D eigenvalue weighted by molar-refractivity contribution is -0.148. The van der Waals surface area contributed by atoms with E-state index < -0.39 is 12.1 Å². The minimum Gasteiger partial charge on any atom is -0.479 e. The van der Waals surface area contributed by atoms with Crippen molar-refractivity contribution < 1.29 is 19.4 Å². The van der Waals surface area contributed by atoms with Crippen molar-refractivity contribution in [2.75, 3.05) is 6.61 Å². The second-order valence-corrected chi connectivity index (χ2v) is 8.57. The molecule has 0 spiro atoms. The highest BCUT2D eigenvalue weighted by molar-refractivity contribution is 6.17. The fourth-order valence-electron chi connectivity index (χ4n) is 4.00. The van der Waals surface area contributed by atoms with Crippen molar-refractivity contribution >= 4 is 28.9 Å². The smallest absolute Gasteiger partial charge is 0.332 e. The Morgan fingerprint density at radius 3 is 2.46 bits per heavy atom. The van der Waals surface area contributed by atoms with E-state index in [2.05, 4.69) is 9.55 Å². The van der Waals surface area contributed by atoms with Gasteiger partial charge >= 0.3 is 5.97 Å². The molecule has 0 saturated carbocycles. The zero-order valence-corrected chi connectivity index (χ0v) is 20.1. The summed E-state index contributed by atoms with van der Waals surface area (Å²) in [4.78, 5) is 28.8. The van der Waals surface area contributed by atoms with Gasteiger partial charge in [0.25, 0.3) is 0 Å². The number of pyridine rings is 1. The van der Waals surface area contributed by atoms with E-state index in [0.29, 0.717) is 17.7 Å². The van der Waals surface area contributed by atoms with Gasteiger partial charge in [0.15, 0.2) is 11.9 Å². The molecule has 1 atom stereocenters. The van der Waals surface area contributed by atoms with E-state index in [1.807, 2.05) is 80.6 Å². The largest absolute Gasteiger partial charge is 0.479 e. The van der Waals surface area contributed by atoms with Crippen molar-refractivity contribution in [3.63, 3.8) is 0 Å². The van der Waals surface area contributed by atoms with Crippen LogP contribution in [0.25, 0.3) is 17.1 Å². The normalized spacial score (nSPS) is 12.3. The molecule has 0 saturated heterocycles. The third kappa shape index (κ3) is 5.39. The Hall–Kier alpha value is -4.03. The van der Waals surface area contributed by atoms with E-state index in [1.165, 1.54) is 6.92 Å². The summed E-state index contributed by atoms with van der Waals surface area (Å²) in [6, 6.07) is 19.5. The number of carbonyl (C=O) groups excluding carboxylic acids is 1. The van der Waals surface area contributed by atoms with Crippen molar-refractivity contribution in [3.8, 4) is 0 Å². The number of ether oxygens (including phenoxy) is 1. The molecule has 178 valence electrons. The molecule has 0 radical (unpaired) electrons. The predicted molar refractivity (Wildman–Crippen MR) is 137 cm³/mol. The number of benzene rings is 2. The predicted octanol–water partition coefficient (Wildman–Crippen LogP) is 5.44. The zero-order chi connectivity index (χ0) is 24.9. The monoisotopic (exact) mass is 468 g/mol. The number of carbonyl (C=O) groups is 2. The molecular formula is C29H28N2O4. The van der Waals surface area contributed by atoms with Crippen molar-refractivity contribution in [3.05, 3.63) is 106 Å². The lowest BCUT2D eigenvalue weighted by Gasteiger charge is -2.09. The molecular weight excluding hydrogens is 440 g/mol. The van der Waals surface area contributed by atoms with Gasteiger partial charge in [0.05, 0.1) is 12.2 Å².